The van der Waals surface area contributed by atoms with E-state index in [1.807, 2.05) is 32.9 Å². The second kappa shape index (κ2) is 17.4. The molecule has 1 atom stereocenters. The molecular formula is C22H34N6O5. The Balaban J connectivity index is 2.38. The number of carbonyl (C=O) groups excluding carboxylic acids is 2. The van der Waals surface area contributed by atoms with Crippen LogP contribution in [0.1, 0.15) is 31.1 Å². The van der Waals surface area contributed by atoms with Crippen LogP contribution in [0.25, 0.3) is 10.4 Å². The summed E-state index contributed by atoms with van der Waals surface area (Å²) in [6.45, 7) is 7.70. The van der Waals surface area contributed by atoms with Gasteiger partial charge in [0, 0.05) is 36.2 Å². The first kappa shape index (κ1) is 27.9. The molecule has 2 amide bonds. The second-order valence-corrected chi connectivity index (χ2v) is 7.16. The Labute approximate surface area is 194 Å². The smallest absolute Gasteiger partial charge is 0.251 e. The van der Waals surface area contributed by atoms with Crippen molar-refractivity contribution in [2.24, 2.45) is 5.11 Å². The van der Waals surface area contributed by atoms with E-state index in [-0.39, 0.29) is 38.2 Å². The molecule has 182 valence electrons. The summed E-state index contributed by atoms with van der Waals surface area (Å²) in [5.41, 5.74) is 9.20. The third-order valence-corrected chi connectivity index (χ3v) is 4.06. The van der Waals surface area contributed by atoms with Crippen molar-refractivity contribution in [2.45, 2.75) is 33.0 Å². The number of azide groups is 1. The summed E-state index contributed by atoms with van der Waals surface area (Å²) < 4.78 is 16.3. The molecule has 0 saturated carbocycles. The molecule has 33 heavy (non-hydrogen) atoms. The molecule has 1 aromatic carbocycles. The summed E-state index contributed by atoms with van der Waals surface area (Å²) in [6.07, 6.45) is 2.77. The average molecular weight is 463 g/mol. The lowest BCUT2D eigenvalue weighted by Gasteiger charge is -2.15. The van der Waals surface area contributed by atoms with Crippen molar-refractivity contribution < 1.29 is 23.8 Å². The fourth-order valence-corrected chi connectivity index (χ4v) is 2.46. The maximum absolute atomic E-state index is 12.3. The number of hydrogen-bond donors (Lipinski definition) is 3. The van der Waals surface area contributed by atoms with Crippen molar-refractivity contribution in [2.75, 3.05) is 46.1 Å². The molecule has 0 radical (unpaired) electrons. The van der Waals surface area contributed by atoms with Gasteiger partial charge < -0.3 is 30.2 Å². The van der Waals surface area contributed by atoms with Crippen LogP contribution in [0.3, 0.4) is 0 Å². The minimum Gasteiger partial charge on any atom is -0.491 e. The highest BCUT2D eigenvalue weighted by atomic mass is 16.6. The van der Waals surface area contributed by atoms with Gasteiger partial charge in [-0.25, -0.2) is 0 Å². The van der Waals surface area contributed by atoms with Crippen molar-refractivity contribution in [1.29, 1.82) is 0 Å². The molecule has 0 saturated heterocycles. The van der Waals surface area contributed by atoms with E-state index in [0.717, 1.165) is 0 Å². The van der Waals surface area contributed by atoms with Gasteiger partial charge in [0.05, 0.1) is 13.2 Å². The molecule has 0 aliphatic heterocycles. The highest BCUT2D eigenvalue weighted by molar-refractivity contribution is 5.94. The SMILES string of the molecule is C/C=C/CNC(=O)COCCOC(COc1cccc(C(=O)NCCNC(C)C)c1)N=[N+]=[N-]. The number of allylic oxidation sites excluding steroid dienone is 1. The first-order valence-electron chi connectivity index (χ1n) is 10.8. The van der Waals surface area contributed by atoms with Crippen LogP contribution in [-0.2, 0) is 14.3 Å². The van der Waals surface area contributed by atoms with Crippen LogP contribution < -0.4 is 20.7 Å². The number of hydrogen-bond acceptors (Lipinski definition) is 7. The van der Waals surface area contributed by atoms with E-state index < -0.39 is 6.23 Å². The molecule has 11 heteroatoms. The van der Waals surface area contributed by atoms with Crippen molar-refractivity contribution in [3.05, 3.63) is 52.4 Å². The van der Waals surface area contributed by atoms with E-state index in [0.29, 0.717) is 37.0 Å². The van der Waals surface area contributed by atoms with Crippen molar-refractivity contribution in [3.63, 3.8) is 0 Å². The zero-order chi connectivity index (χ0) is 24.3. The quantitative estimate of drug-likeness (QED) is 0.106. The molecule has 0 aliphatic carbocycles. The molecule has 0 spiro atoms. The fraction of sp³-hybridized carbons (Fsp3) is 0.545. The molecule has 0 fully saturated rings. The first-order valence-corrected chi connectivity index (χ1v) is 10.8. The molecule has 1 rings (SSSR count). The van der Waals surface area contributed by atoms with Crippen LogP contribution in [0.2, 0.25) is 0 Å². The van der Waals surface area contributed by atoms with Gasteiger partial charge in [-0.3, -0.25) is 9.59 Å². The average Bonchev–Trinajstić information content (AvgIpc) is 2.80. The summed E-state index contributed by atoms with van der Waals surface area (Å²) in [7, 11) is 0. The van der Waals surface area contributed by atoms with Gasteiger partial charge >= 0.3 is 0 Å². The minimum atomic E-state index is -0.887. The predicted octanol–water partition coefficient (Wildman–Crippen LogP) is 2.16. The summed E-state index contributed by atoms with van der Waals surface area (Å²) in [6, 6.07) is 7.04. The monoisotopic (exact) mass is 462 g/mol. The Hall–Kier alpha value is -3.11. The van der Waals surface area contributed by atoms with Crippen LogP contribution in [0, 0.1) is 0 Å². The molecule has 0 aromatic heterocycles. The summed E-state index contributed by atoms with van der Waals surface area (Å²) in [5, 5.41) is 12.3. The van der Waals surface area contributed by atoms with Gasteiger partial charge in [0.25, 0.3) is 5.91 Å². The Morgan fingerprint density at radius 3 is 2.76 bits per heavy atom. The Morgan fingerprint density at radius 1 is 1.21 bits per heavy atom. The lowest BCUT2D eigenvalue weighted by atomic mass is 10.2. The van der Waals surface area contributed by atoms with Crippen LogP contribution >= 0.6 is 0 Å². The summed E-state index contributed by atoms with van der Waals surface area (Å²) >= 11 is 0. The van der Waals surface area contributed by atoms with Gasteiger partial charge in [-0.15, -0.1) is 0 Å². The number of ether oxygens (including phenoxy) is 3. The lowest BCUT2D eigenvalue weighted by Crippen LogP contribution is -2.34. The lowest BCUT2D eigenvalue weighted by molar-refractivity contribution is -0.126. The number of carbonyl (C=O) groups is 2. The molecular weight excluding hydrogens is 428 g/mol. The van der Waals surface area contributed by atoms with E-state index in [2.05, 4.69) is 26.0 Å². The highest BCUT2D eigenvalue weighted by Crippen LogP contribution is 2.14. The van der Waals surface area contributed by atoms with Crippen LogP contribution in [0.4, 0.5) is 0 Å². The largest absolute Gasteiger partial charge is 0.491 e. The summed E-state index contributed by atoms with van der Waals surface area (Å²) in [4.78, 5) is 26.6. The Bertz CT molecular complexity index is 795. The van der Waals surface area contributed by atoms with Crippen LogP contribution in [0.15, 0.2) is 41.5 Å². The van der Waals surface area contributed by atoms with E-state index >= 15 is 0 Å². The van der Waals surface area contributed by atoms with E-state index in [4.69, 9.17) is 19.7 Å². The maximum Gasteiger partial charge on any atom is 0.251 e. The number of nitrogens with one attached hydrogen (secondary N) is 3. The topological polar surface area (TPSA) is 147 Å². The minimum absolute atomic E-state index is 0.0444. The summed E-state index contributed by atoms with van der Waals surface area (Å²) in [5.74, 6) is 0.00244. The van der Waals surface area contributed by atoms with Crippen molar-refractivity contribution in [3.8, 4) is 5.75 Å². The number of rotatable bonds is 17. The standard InChI is InChI=1S/C22H34N6O5/c1-4-5-9-25-20(29)15-31-12-13-32-21(27-28-23)16-33-19-8-6-7-18(14-19)22(30)26-11-10-24-17(2)3/h4-8,14,17,21,24H,9-13,15-16H2,1-3H3,(H,25,29)(H,26,30)/b5-4+. The Morgan fingerprint density at radius 2 is 2.03 bits per heavy atom. The third kappa shape index (κ3) is 13.8. The maximum atomic E-state index is 12.3. The fourth-order valence-electron chi connectivity index (χ4n) is 2.46. The number of nitrogens with zero attached hydrogens (tertiary/aromatic N) is 3. The van der Waals surface area contributed by atoms with Crippen molar-refractivity contribution in [1.82, 2.24) is 16.0 Å². The molecule has 1 aromatic rings. The number of benzene rings is 1. The van der Waals surface area contributed by atoms with E-state index in [1.165, 1.54) is 0 Å². The van der Waals surface area contributed by atoms with Crippen LogP contribution in [0.5, 0.6) is 5.75 Å². The molecule has 11 nitrogen and oxygen atoms in total. The molecule has 0 heterocycles. The molecule has 0 bridgehead atoms. The van der Waals surface area contributed by atoms with Gasteiger partial charge in [0.1, 0.15) is 19.0 Å². The third-order valence-electron chi connectivity index (χ3n) is 4.06. The van der Waals surface area contributed by atoms with Gasteiger partial charge in [-0.1, -0.05) is 37.2 Å². The molecule has 3 N–H and O–H groups in total. The van der Waals surface area contributed by atoms with Gasteiger partial charge in [-0.2, -0.15) is 0 Å². The van der Waals surface area contributed by atoms with E-state index in [1.54, 1.807) is 24.3 Å². The van der Waals surface area contributed by atoms with Gasteiger partial charge in [0.2, 0.25) is 5.91 Å². The zero-order valence-electron chi connectivity index (χ0n) is 19.5. The zero-order valence-corrected chi connectivity index (χ0v) is 19.5. The Kier molecular flexibility index (Phi) is 14.8. The normalized spacial score (nSPS) is 11.8. The first-order chi connectivity index (χ1) is 16.0. The second-order valence-electron chi connectivity index (χ2n) is 7.16. The van der Waals surface area contributed by atoms with Crippen LogP contribution in [-0.4, -0.2) is 70.1 Å². The number of amides is 2. The highest BCUT2D eigenvalue weighted by Gasteiger charge is 2.11. The van der Waals surface area contributed by atoms with Crippen molar-refractivity contribution >= 4 is 11.8 Å². The van der Waals surface area contributed by atoms with E-state index in [9.17, 15) is 9.59 Å². The van der Waals surface area contributed by atoms with Gasteiger partial charge in [-0.05, 0) is 30.7 Å². The predicted molar refractivity (Wildman–Crippen MR) is 125 cm³/mol. The molecule has 0 aliphatic rings. The van der Waals surface area contributed by atoms with Gasteiger partial charge in [0.15, 0.2) is 6.23 Å². The molecule has 1 unspecified atom stereocenters.